The van der Waals surface area contributed by atoms with E-state index in [4.69, 9.17) is 0 Å². The molecule has 3 rings (SSSR count). The maximum absolute atomic E-state index is 12.8. The molecule has 0 unspecified atom stereocenters. The molecule has 0 saturated heterocycles. The lowest BCUT2D eigenvalue weighted by molar-refractivity contribution is 0.0785. The van der Waals surface area contributed by atoms with Crippen LogP contribution >= 0.6 is 11.8 Å². The Balaban J connectivity index is 1.78. The molecule has 0 aliphatic heterocycles. The van der Waals surface area contributed by atoms with Crippen molar-refractivity contribution < 1.29 is 4.79 Å². The van der Waals surface area contributed by atoms with E-state index in [2.05, 4.69) is 37.4 Å². The Morgan fingerprint density at radius 3 is 2.40 bits per heavy atom. The highest BCUT2D eigenvalue weighted by Gasteiger charge is 2.14. The minimum Gasteiger partial charge on any atom is -0.337 e. The van der Waals surface area contributed by atoms with Gasteiger partial charge in [-0.15, -0.1) is 11.8 Å². The Labute approximate surface area is 153 Å². The van der Waals surface area contributed by atoms with E-state index in [0.29, 0.717) is 12.1 Å². The number of aromatic nitrogens is 1. The lowest BCUT2D eigenvalue weighted by Gasteiger charge is -2.19. The van der Waals surface area contributed by atoms with Crippen LogP contribution in [-0.4, -0.2) is 28.7 Å². The zero-order valence-electron chi connectivity index (χ0n) is 14.8. The molecule has 25 heavy (non-hydrogen) atoms. The summed E-state index contributed by atoms with van der Waals surface area (Å²) >= 11 is 1.72. The summed E-state index contributed by atoms with van der Waals surface area (Å²) in [6.07, 6.45) is 6.05. The topological polar surface area (TPSA) is 25.2 Å². The highest BCUT2D eigenvalue weighted by atomic mass is 32.2. The quantitative estimate of drug-likeness (QED) is 0.619. The van der Waals surface area contributed by atoms with Gasteiger partial charge in [-0.1, -0.05) is 18.2 Å². The van der Waals surface area contributed by atoms with E-state index in [1.165, 1.54) is 4.90 Å². The van der Waals surface area contributed by atoms with Crippen molar-refractivity contribution in [1.29, 1.82) is 0 Å². The molecule has 0 aliphatic rings. The van der Waals surface area contributed by atoms with Gasteiger partial charge in [-0.05, 0) is 60.7 Å². The highest BCUT2D eigenvalue weighted by Crippen LogP contribution is 2.19. The van der Waals surface area contributed by atoms with Crippen molar-refractivity contribution in [2.45, 2.75) is 18.4 Å². The number of aryl methyl sites for hydroxylation is 1. The monoisotopic (exact) mass is 350 g/mol. The van der Waals surface area contributed by atoms with Crippen LogP contribution in [0.15, 0.2) is 71.9 Å². The van der Waals surface area contributed by atoms with Crippen LogP contribution in [-0.2, 0) is 6.54 Å². The first kappa shape index (κ1) is 17.4. The average molecular weight is 350 g/mol. The number of thioether (sulfide) groups is 1. The number of hydrogen-bond donors (Lipinski definition) is 0. The standard InChI is InChI=1S/C21H22N2OS/c1-16-6-9-18(14-20(16)23-12-4-5-13-23)21(24)22(2)15-17-7-10-19(25-3)11-8-17/h4-14H,15H2,1-3H3. The molecular weight excluding hydrogens is 328 g/mol. The van der Waals surface area contributed by atoms with Gasteiger partial charge in [0.25, 0.3) is 5.91 Å². The normalized spacial score (nSPS) is 10.7. The second-order valence-corrected chi connectivity index (χ2v) is 6.98. The van der Waals surface area contributed by atoms with Crippen LogP contribution in [0.1, 0.15) is 21.5 Å². The van der Waals surface area contributed by atoms with E-state index >= 15 is 0 Å². The minimum absolute atomic E-state index is 0.0300. The van der Waals surface area contributed by atoms with Gasteiger partial charge in [0.2, 0.25) is 0 Å². The van der Waals surface area contributed by atoms with Gasteiger partial charge in [-0.2, -0.15) is 0 Å². The molecule has 0 atom stereocenters. The van der Waals surface area contributed by atoms with E-state index in [0.717, 1.165) is 16.8 Å². The van der Waals surface area contributed by atoms with Gasteiger partial charge in [0.15, 0.2) is 0 Å². The minimum atomic E-state index is 0.0300. The SMILES string of the molecule is CSc1ccc(CN(C)C(=O)c2ccc(C)c(-n3cccc3)c2)cc1. The first-order valence-corrected chi connectivity index (χ1v) is 9.43. The summed E-state index contributed by atoms with van der Waals surface area (Å²) in [5, 5.41) is 0. The number of nitrogens with zero attached hydrogens (tertiary/aromatic N) is 2. The Kier molecular flexibility index (Phi) is 5.29. The van der Waals surface area contributed by atoms with Crippen molar-refractivity contribution in [1.82, 2.24) is 9.47 Å². The fourth-order valence-electron chi connectivity index (χ4n) is 2.81. The summed E-state index contributed by atoms with van der Waals surface area (Å²) < 4.78 is 2.03. The number of hydrogen-bond acceptors (Lipinski definition) is 2. The summed E-state index contributed by atoms with van der Waals surface area (Å²) in [5.74, 6) is 0.0300. The van der Waals surface area contributed by atoms with Crippen molar-refractivity contribution in [3.63, 3.8) is 0 Å². The third kappa shape index (κ3) is 3.97. The van der Waals surface area contributed by atoms with Gasteiger partial charge in [0, 0.05) is 42.1 Å². The summed E-state index contributed by atoms with van der Waals surface area (Å²) in [6.45, 7) is 2.65. The van der Waals surface area contributed by atoms with Crippen molar-refractivity contribution >= 4 is 17.7 Å². The van der Waals surface area contributed by atoms with Gasteiger partial charge in [-0.3, -0.25) is 4.79 Å². The average Bonchev–Trinajstić information content (AvgIpc) is 3.16. The predicted octanol–water partition coefficient (Wildman–Crippen LogP) is 4.78. The molecule has 1 aromatic heterocycles. The van der Waals surface area contributed by atoms with Gasteiger partial charge in [-0.25, -0.2) is 0 Å². The Bertz CT molecular complexity index is 854. The van der Waals surface area contributed by atoms with Crippen LogP contribution in [0.25, 0.3) is 5.69 Å². The van der Waals surface area contributed by atoms with E-state index in [-0.39, 0.29) is 5.91 Å². The van der Waals surface area contributed by atoms with Crippen LogP contribution in [0.4, 0.5) is 0 Å². The van der Waals surface area contributed by atoms with Crippen molar-refractivity contribution in [3.8, 4) is 5.69 Å². The van der Waals surface area contributed by atoms with E-state index in [9.17, 15) is 4.79 Å². The molecule has 0 saturated carbocycles. The first-order chi connectivity index (χ1) is 12.1. The molecule has 2 aromatic carbocycles. The number of benzene rings is 2. The molecular formula is C21H22N2OS. The van der Waals surface area contributed by atoms with Crippen LogP contribution in [0.3, 0.4) is 0 Å². The Morgan fingerprint density at radius 1 is 1.08 bits per heavy atom. The summed E-state index contributed by atoms with van der Waals surface area (Å²) in [6, 6.07) is 18.2. The molecule has 4 heteroatoms. The molecule has 0 radical (unpaired) electrons. The van der Waals surface area contributed by atoms with Crippen LogP contribution < -0.4 is 0 Å². The molecule has 0 spiro atoms. The van der Waals surface area contributed by atoms with Crippen LogP contribution in [0, 0.1) is 6.92 Å². The molecule has 3 aromatic rings. The highest BCUT2D eigenvalue weighted by molar-refractivity contribution is 7.98. The number of rotatable bonds is 5. The Hall–Kier alpha value is -2.46. The van der Waals surface area contributed by atoms with Gasteiger partial charge in [0.1, 0.15) is 0 Å². The zero-order chi connectivity index (χ0) is 17.8. The first-order valence-electron chi connectivity index (χ1n) is 8.21. The molecule has 0 fully saturated rings. The lowest BCUT2D eigenvalue weighted by atomic mass is 10.1. The fraction of sp³-hybridized carbons (Fsp3) is 0.190. The fourth-order valence-corrected chi connectivity index (χ4v) is 3.22. The predicted molar refractivity (Wildman–Crippen MR) is 105 cm³/mol. The number of amides is 1. The number of carbonyl (C=O) groups excluding carboxylic acids is 1. The van der Waals surface area contributed by atoms with Gasteiger partial charge >= 0.3 is 0 Å². The van der Waals surface area contributed by atoms with Gasteiger partial charge in [0.05, 0.1) is 0 Å². The van der Waals surface area contributed by atoms with Crippen LogP contribution in [0.5, 0.6) is 0 Å². The molecule has 3 nitrogen and oxygen atoms in total. The maximum Gasteiger partial charge on any atom is 0.253 e. The second kappa shape index (κ2) is 7.62. The summed E-state index contributed by atoms with van der Waals surface area (Å²) in [7, 11) is 1.85. The lowest BCUT2D eigenvalue weighted by Crippen LogP contribution is -2.26. The van der Waals surface area contributed by atoms with E-state index in [1.807, 2.05) is 54.3 Å². The molecule has 0 bridgehead atoms. The largest absolute Gasteiger partial charge is 0.337 e. The smallest absolute Gasteiger partial charge is 0.253 e. The third-order valence-electron chi connectivity index (χ3n) is 4.26. The van der Waals surface area contributed by atoms with E-state index in [1.54, 1.807) is 16.7 Å². The van der Waals surface area contributed by atoms with Gasteiger partial charge < -0.3 is 9.47 Å². The molecule has 1 amide bonds. The summed E-state index contributed by atoms with van der Waals surface area (Å²) in [4.78, 5) is 15.8. The second-order valence-electron chi connectivity index (χ2n) is 6.10. The van der Waals surface area contributed by atoms with Crippen molar-refractivity contribution in [3.05, 3.63) is 83.7 Å². The molecule has 128 valence electrons. The third-order valence-corrected chi connectivity index (χ3v) is 5.01. The van der Waals surface area contributed by atoms with Crippen LogP contribution in [0.2, 0.25) is 0 Å². The maximum atomic E-state index is 12.8. The summed E-state index contributed by atoms with van der Waals surface area (Å²) in [5.41, 5.74) is 4.01. The molecule has 0 N–H and O–H groups in total. The zero-order valence-corrected chi connectivity index (χ0v) is 15.6. The van der Waals surface area contributed by atoms with Crippen molar-refractivity contribution in [2.24, 2.45) is 0 Å². The molecule has 0 aliphatic carbocycles. The van der Waals surface area contributed by atoms with Crippen molar-refractivity contribution in [2.75, 3.05) is 13.3 Å². The Morgan fingerprint density at radius 2 is 1.76 bits per heavy atom. The number of carbonyl (C=O) groups is 1. The van der Waals surface area contributed by atoms with E-state index < -0.39 is 0 Å². The molecule has 1 heterocycles.